The lowest BCUT2D eigenvalue weighted by molar-refractivity contribution is -0.382. The summed E-state index contributed by atoms with van der Waals surface area (Å²) < 4.78 is 140. The number of rotatable bonds is 8. The van der Waals surface area contributed by atoms with Crippen LogP contribution in [0.15, 0.2) is 12.3 Å². The molecule has 0 radical (unpaired) electrons. The topological polar surface area (TPSA) is 81.1 Å². The standard InChI is InChI=1S/C13H14F9N3O3S/c1-3-7(4-2)25-6-5-8(23-25)9(26)24-29(27,28)13(21,22)11(16,17)10(14,15)12(18,19)20/h5-7H,3-4H2,1-2H3,(H,24,26). The van der Waals surface area contributed by atoms with Gasteiger partial charge in [-0.3, -0.25) is 9.48 Å². The van der Waals surface area contributed by atoms with E-state index in [1.54, 1.807) is 13.8 Å². The molecule has 0 atom stereocenters. The fourth-order valence-corrected chi connectivity index (χ4v) is 3.04. The number of carbonyl (C=O) groups excluding carboxylic acids is 1. The molecule has 0 aliphatic carbocycles. The summed E-state index contributed by atoms with van der Waals surface area (Å²) in [5.74, 6) is -16.9. The largest absolute Gasteiger partial charge is 0.460 e. The minimum Gasteiger partial charge on any atom is -0.269 e. The van der Waals surface area contributed by atoms with Gasteiger partial charge in [0.25, 0.3) is 5.91 Å². The van der Waals surface area contributed by atoms with Crippen molar-refractivity contribution in [1.29, 1.82) is 0 Å². The maximum atomic E-state index is 13.6. The molecule has 0 saturated heterocycles. The number of alkyl halides is 9. The predicted octanol–water partition coefficient (Wildman–Crippen LogP) is 3.73. The first-order chi connectivity index (χ1) is 12.9. The second-order valence-electron chi connectivity index (χ2n) is 5.75. The zero-order valence-electron chi connectivity index (χ0n) is 14.6. The quantitative estimate of drug-likeness (QED) is 0.596. The number of amides is 1. The molecule has 0 aromatic carbocycles. The Hall–Kier alpha value is -2.00. The SMILES string of the molecule is CCC(CC)n1ccc(C(=O)NS(=O)(=O)C(F)(F)C(F)(F)C(F)(F)C(F)(F)F)n1. The average molecular weight is 463 g/mol. The molecule has 168 valence electrons. The Bertz CT molecular complexity index is 845. The minimum absolute atomic E-state index is 0.301. The molecule has 1 heterocycles. The molecular formula is C13H14F9N3O3S. The molecule has 0 saturated carbocycles. The summed E-state index contributed by atoms with van der Waals surface area (Å²) in [6, 6.07) is 0.508. The van der Waals surface area contributed by atoms with E-state index in [0.29, 0.717) is 17.6 Å². The van der Waals surface area contributed by atoms with Gasteiger partial charge in [0.1, 0.15) is 0 Å². The van der Waals surface area contributed by atoms with Gasteiger partial charge in [-0.1, -0.05) is 13.8 Å². The molecule has 0 bridgehead atoms. The number of hydrogen-bond acceptors (Lipinski definition) is 4. The molecule has 1 N–H and O–H groups in total. The zero-order valence-corrected chi connectivity index (χ0v) is 15.4. The molecule has 29 heavy (non-hydrogen) atoms. The van der Waals surface area contributed by atoms with Crippen LogP contribution in [-0.4, -0.2) is 47.4 Å². The molecule has 0 unspecified atom stereocenters. The van der Waals surface area contributed by atoms with Gasteiger partial charge in [0.15, 0.2) is 5.69 Å². The van der Waals surface area contributed by atoms with Crippen LogP contribution in [0.25, 0.3) is 0 Å². The van der Waals surface area contributed by atoms with Crippen molar-refractivity contribution in [1.82, 2.24) is 14.5 Å². The van der Waals surface area contributed by atoms with E-state index < -0.39 is 44.9 Å². The van der Waals surface area contributed by atoms with E-state index in [1.807, 2.05) is 0 Å². The summed E-state index contributed by atoms with van der Waals surface area (Å²) in [5.41, 5.74) is -0.873. The van der Waals surface area contributed by atoms with E-state index in [-0.39, 0.29) is 6.04 Å². The van der Waals surface area contributed by atoms with E-state index in [0.717, 1.165) is 16.9 Å². The van der Waals surface area contributed by atoms with Crippen molar-refractivity contribution >= 4 is 15.9 Å². The van der Waals surface area contributed by atoms with E-state index in [9.17, 15) is 52.7 Å². The van der Waals surface area contributed by atoms with Crippen LogP contribution in [0.2, 0.25) is 0 Å². The van der Waals surface area contributed by atoms with Crippen LogP contribution < -0.4 is 4.72 Å². The highest BCUT2D eigenvalue weighted by atomic mass is 32.2. The third-order valence-corrected chi connectivity index (χ3v) is 5.22. The molecule has 0 aliphatic rings. The number of nitrogens with one attached hydrogen (secondary N) is 1. The van der Waals surface area contributed by atoms with Crippen LogP contribution in [0.5, 0.6) is 0 Å². The van der Waals surface area contributed by atoms with Crippen molar-refractivity contribution in [3.8, 4) is 0 Å². The number of sulfonamides is 1. The summed E-state index contributed by atoms with van der Waals surface area (Å²) in [6.45, 7) is 3.42. The van der Waals surface area contributed by atoms with E-state index >= 15 is 0 Å². The highest BCUT2D eigenvalue weighted by molar-refractivity contribution is 7.91. The second-order valence-corrected chi connectivity index (χ2v) is 7.47. The van der Waals surface area contributed by atoms with Gasteiger partial charge in [-0.25, -0.2) is 4.72 Å². The molecular weight excluding hydrogens is 449 g/mol. The number of aromatic nitrogens is 2. The molecule has 0 aliphatic heterocycles. The first-order valence-corrected chi connectivity index (χ1v) is 9.17. The van der Waals surface area contributed by atoms with Crippen molar-refractivity contribution in [2.24, 2.45) is 0 Å². The monoisotopic (exact) mass is 463 g/mol. The first-order valence-electron chi connectivity index (χ1n) is 7.69. The van der Waals surface area contributed by atoms with Crippen molar-refractivity contribution in [3.05, 3.63) is 18.0 Å². The second kappa shape index (κ2) is 7.68. The Labute approximate surface area is 158 Å². The smallest absolute Gasteiger partial charge is 0.269 e. The van der Waals surface area contributed by atoms with Crippen LogP contribution in [0.1, 0.15) is 43.2 Å². The average Bonchev–Trinajstić information content (AvgIpc) is 3.04. The van der Waals surface area contributed by atoms with Gasteiger partial charge in [0, 0.05) is 6.20 Å². The Balaban J connectivity index is 3.23. The van der Waals surface area contributed by atoms with Gasteiger partial charge in [0.05, 0.1) is 6.04 Å². The van der Waals surface area contributed by atoms with Crippen molar-refractivity contribution in [2.75, 3.05) is 0 Å². The number of halogens is 9. The van der Waals surface area contributed by atoms with Gasteiger partial charge < -0.3 is 0 Å². The first kappa shape index (κ1) is 25.0. The van der Waals surface area contributed by atoms with Crippen LogP contribution in [0, 0.1) is 0 Å². The van der Waals surface area contributed by atoms with E-state index in [4.69, 9.17) is 0 Å². The van der Waals surface area contributed by atoms with Crippen molar-refractivity contribution < 1.29 is 52.7 Å². The van der Waals surface area contributed by atoms with Gasteiger partial charge in [0.2, 0.25) is 0 Å². The molecule has 1 aromatic heterocycles. The Kier molecular flexibility index (Phi) is 6.63. The fourth-order valence-electron chi connectivity index (χ4n) is 2.09. The highest BCUT2D eigenvalue weighted by Crippen LogP contribution is 2.54. The fraction of sp³-hybridized carbons (Fsp3) is 0.692. The Morgan fingerprint density at radius 1 is 1.03 bits per heavy atom. The predicted molar refractivity (Wildman–Crippen MR) is 79.1 cm³/mol. The summed E-state index contributed by atoms with van der Waals surface area (Å²) in [4.78, 5) is 11.7. The maximum Gasteiger partial charge on any atom is 0.460 e. The molecule has 1 aromatic rings. The van der Waals surface area contributed by atoms with Crippen LogP contribution in [0.4, 0.5) is 39.5 Å². The molecule has 1 amide bonds. The molecule has 16 heteroatoms. The summed E-state index contributed by atoms with van der Waals surface area (Å²) in [6.07, 6.45) is -5.11. The molecule has 6 nitrogen and oxygen atoms in total. The summed E-state index contributed by atoms with van der Waals surface area (Å²) in [5, 5.41) is -3.46. The molecule has 0 fully saturated rings. The van der Waals surface area contributed by atoms with Crippen LogP contribution in [-0.2, 0) is 10.0 Å². The van der Waals surface area contributed by atoms with Crippen molar-refractivity contribution in [3.63, 3.8) is 0 Å². The lowest BCUT2D eigenvalue weighted by Gasteiger charge is -2.32. The molecule has 1 rings (SSSR count). The summed E-state index contributed by atoms with van der Waals surface area (Å²) in [7, 11) is -7.04. The lowest BCUT2D eigenvalue weighted by Crippen LogP contribution is -2.65. The third kappa shape index (κ3) is 4.16. The Morgan fingerprint density at radius 3 is 1.93 bits per heavy atom. The van der Waals surface area contributed by atoms with Gasteiger partial charge in [-0.15, -0.1) is 0 Å². The number of nitrogens with zero attached hydrogens (tertiary/aromatic N) is 2. The van der Waals surface area contributed by atoms with Gasteiger partial charge >= 0.3 is 33.3 Å². The van der Waals surface area contributed by atoms with Crippen LogP contribution >= 0.6 is 0 Å². The minimum atomic E-state index is -7.43. The number of hydrogen-bond donors (Lipinski definition) is 1. The van der Waals surface area contributed by atoms with Crippen molar-refractivity contribution in [2.45, 2.75) is 56.0 Å². The third-order valence-electron chi connectivity index (χ3n) is 3.84. The maximum absolute atomic E-state index is 13.6. The zero-order chi connectivity index (χ0) is 23.1. The van der Waals surface area contributed by atoms with Gasteiger partial charge in [-0.2, -0.15) is 53.0 Å². The number of carbonyl (C=O) groups is 1. The summed E-state index contributed by atoms with van der Waals surface area (Å²) >= 11 is 0. The molecule has 0 spiro atoms. The van der Waals surface area contributed by atoms with E-state index in [2.05, 4.69) is 5.10 Å². The lowest BCUT2D eigenvalue weighted by atomic mass is 10.1. The van der Waals surface area contributed by atoms with Crippen LogP contribution in [0.3, 0.4) is 0 Å². The van der Waals surface area contributed by atoms with Gasteiger partial charge in [-0.05, 0) is 18.9 Å². The Morgan fingerprint density at radius 2 is 1.52 bits per heavy atom. The van der Waals surface area contributed by atoms with E-state index in [1.165, 1.54) is 0 Å². The normalized spacial score (nSPS) is 14.3. The highest BCUT2D eigenvalue weighted by Gasteiger charge is 2.85.